The van der Waals surface area contributed by atoms with Gasteiger partial charge in [-0.25, -0.2) is 4.98 Å². The Morgan fingerprint density at radius 2 is 2.20 bits per heavy atom. The second-order valence-corrected chi connectivity index (χ2v) is 3.48. The van der Waals surface area contributed by atoms with Gasteiger partial charge in [0.25, 0.3) is 0 Å². The van der Waals surface area contributed by atoms with Crippen LogP contribution in [-0.2, 0) is 13.1 Å². The highest BCUT2D eigenvalue weighted by atomic mass is 16.4. The van der Waals surface area contributed by atoms with E-state index in [2.05, 4.69) is 10.3 Å². The van der Waals surface area contributed by atoms with Crippen molar-refractivity contribution in [2.45, 2.75) is 26.9 Å². The van der Waals surface area contributed by atoms with Crippen LogP contribution in [-0.4, -0.2) is 4.98 Å². The number of oxazole rings is 1. The van der Waals surface area contributed by atoms with Crippen molar-refractivity contribution in [2.75, 3.05) is 0 Å². The highest BCUT2D eigenvalue weighted by Gasteiger charge is 2.04. The quantitative estimate of drug-likeness (QED) is 0.833. The van der Waals surface area contributed by atoms with Crippen LogP contribution >= 0.6 is 0 Å². The average molecular weight is 206 g/mol. The minimum Gasteiger partial charge on any atom is -0.472 e. The second-order valence-electron chi connectivity index (χ2n) is 3.48. The van der Waals surface area contributed by atoms with E-state index in [1.807, 2.05) is 19.9 Å². The number of hydrogen-bond acceptors (Lipinski definition) is 4. The van der Waals surface area contributed by atoms with Crippen LogP contribution in [0.25, 0.3) is 0 Å². The fourth-order valence-corrected chi connectivity index (χ4v) is 1.32. The first-order chi connectivity index (χ1) is 7.25. The number of rotatable bonds is 4. The molecule has 15 heavy (non-hydrogen) atoms. The first-order valence-electron chi connectivity index (χ1n) is 4.90. The van der Waals surface area contributed by atoms with Crippen molar-refractivity contribution < 1.29 is 8.83 Å². The summed E-state index contributed by atoms with van der Waals surface area (Å²) in [5.74, 6) is 1.61. The zero-order chi connectivity index (χ0) is 10.7. The Labute approximate surface area is 88.3 Å². The van der Waals surface area contributed by atoms with Gasteiger partial charge in [0.2, 0.25) is 5.89 Å². The number of nitrogens with one attached hydrogen (secondary N) is 1. The maximum Gasteiger partial charge on any atom is 0.208 e. The molecule has 0 aliphatic carbocycles. The zero-order valence-electron chi connectivity index (χ0n) is 8.91. The fourth-order valence-electron chi connectivity index (χ4n) is 1.32. The molecule has 4 heteroatoms. The lowest BCUT2D eigenvalue weighted by molar-refractivity contribution is 0.448. The molecule has 0 aromatic carbocycles. The van der Waals surface area contributed by atoms with Gasteiger partial charge in [-0.05, 0) is 19.9 Å². The first-order valence-corrected chi connectivity index (χ1v) is 4.90. The van der Waals surface area contributed by atoms with Crippen molar-refractivity contribution in [1.29, 1.82) is 0 Å². The Morgan fingerprint density at radius 3 is 2.80 bits per heavy atom. The summed E-state index contributed by atoms with van der Waals surface area (Å²) in [5, 5.41) is 3.23. The molecule has 0 spiro atoms. The largest absolute Gasteiger partial charge is 0.472 e. The van der Waals surface area contributed by atoms with Crippen molar-refractivity contribution >= 4 is 0 Å². The van der Waals surface area contributed by atoms with Gasteiger partial charge in [0.15, 0.2) is 0 Å². The summed E-state index contributed by atoms with van der Waals surface area (Å²) in [6.45, 7) is 5.26. The summed E-state index contributed by atoms with van der Waals surface area (Å²) in [6.07, 6.45) is 3.38. The molecule has 0 aliphatic heterocycles. The van der Waals surface area contributed by atoms with Crippen LogP contribution in [0.4, 0.5) is 0 Å². The van der Waals surface area contributed by atoms with Crippen LogP contribution in [0.2, 0.25) is 0 Å². The van der Waals surface area contributed by atoms with E-state index in [4.69, 9.17) is 8.83 Å². The van der Waals surface area contributed by atoms with Gasteiger partial charge >= 0.3 is 0 Å². The van der Waals surface area contributed by atoms with E-state index >= 15 is 0 Å². The van der Waals surface area contributed by atoms with E-state index in [-0.39, 0.29) is 0 Å². The lowest BCUT2D eigenvalue weighted by Gasteiger charge is -1.98. The SMILES string of the molecule is Cc1nc(CNCc2ccoc2)oc1C. The van der Waals surface area contributed by atoms with E-state index in [0.717, 1.165) is 29.5 Å². The molecule has 0 unspecified atom stereocenters. The molecule has 0 bridgehead atoms. The Hall–Kier alpha value is -1.55. The standard InChI is InChI=1S/C11H14N2O2/c1-8-9(2)15-11(13-8)6-12-5-10-3-4-14-7-10/h3-4,7,12H,5-6H2,1-2H3. The van der Waals surface area contributed by atoms with Gasteiger partial charge in [-0.1, -0.05) is 0 Å². The van der Waals surface area contributed by atoms with E-state index in [9.17, 15) is 0 Å². The smallest absolute Gasteiger partial charge is 0.208 e. The molecule has 0 fully saturated rings. The molecular weight excluding hydrogens is 192 g/mol. The average Bonchev–Trinajstić information content (AvgIpc) is 2.79. The van der Waals surface area contributed by atoms with Crippen LogP contribution in [0, 0.1) is 13.8 Å². The number of aromatic nitrogens is 1. The van der Waals surface area contributed by atoms with Crippen LogP contribution in [0.15, 0.2) is 27.4 Å². The highest BCUT2D eigenvalue weighted by Crippen LogP contribution is 2.08. The lowest BCUT2D eigenvalue weighted by Crippen LogP contribution is -2.12. The fraction of sp³-hybridized carbons (Fsp3) is 0.364. The predicted molar refractivity (Wildman–Crippen MR) is 55.2 cm³/mol. The molecule has 2 heterocycles. The Balaban J connectivity index is 1.83. The van der Waals surface area contributed by atoms with E-state index in [1.54, 1.807) is 12.5 Å². The van der Waals surface area contributed by atoms with Crippen molar-refractivity contribution in [2.24, 2.45) is 0 Å². The van der Waals surface area contributed by atoms with Crippen LogP contribution < -0.4 is 5.32 Å². The summed E-state index contributed by atoms with van der Waals surface area (Å²) in [4.78, 5) is 4.28. The topological polar surface area (TPSA) is 51.2 Å². The minimum absolute atomic E-state index is 0.639. The molecule has 0 saturated carbocycles. The molecule has 0 saturated heterocycles. The van der Waals surface area contributed by atoms with Gasteiger partial charge in [-0.2, -0.15) is 0 Å². The normalized spacial score (nSPS) is 10.8. The summed E-state index contributed by atoms with van der Waals surface area (Å²) in [5.41, 5.74) is 2.07. The number of hydrogen-bond donors (Lipinski definition) is 1. The van der Waals surface area contributed by atoms with E-state index < -0.39 is 0 Å². The van der Waals surface area contributed by atoms with E-state index in [0.29, 0.717) is 6.54 Å². The van der Waals surface area contributed by atoms with Crippen LogP contribution in [0.3, 0.4) is 0 Å². The third-order valence-corrected chi connectivity index (χ3v) is 2.26. The molecule has 2 aromatic rings. The van der Waals surface area contributed by atoms with Gasteiger partial charge in [-0.3, -0.25) is 0 Å². The summed E-state index contributed by atoms with van der Waals surface area (Å²) in [7, 11) is 0. The maximum atomic E-state index is 5.44. The Morgan fingerprint density at radius 1 is 1.33 bits per heavy atom. The van der Waals surface area contributed by atoms with Crippen LogP contribution in [0.1, 0.15) is 22.9 Å². The van der Waals surface area contributed by atoms with Gasteiger partial charge in [0.05, 0.1) is 24.8 Å². The van der Waals surface area contributed by atoms with Crippen molar-refractivity contribution in [3.05, 3.63) is 41.5 Å². The molecule has 1 N–H and O–H groups in total. The van der Waals surface area contributed by atoms with Gasteiger partial charge in [-0.15, -0.1) is 0 Å². The monoisotopic (exact) mass is 206 g/mol. The van der Waals surface area contributed by atoms with Gasteiger partial charge in [0, 0.05) is 12.1 Å². The molecule has 0 radical (unpaired) electrons. The van der Waals surface area contributed by atoms with Gasteiger partial charge < -0.3 is 14.2 Å². The summed E-state index contributed by atoms with van der Waals surface area (Å²) >= 11 is 0. The molecule has 0 aliphatic rings. The molecule has 4 nitrogen and oxygen atoms in total. The maximum absolute atomic E-state index is 5.44. The lowest BCUT2D eigenvalue weighted by atomic mass is 10.3. The zero-order valence-corrected chi connectivity index (χ0v) is 8.91. The minimum atomic E-state index is 0.639. The number of furan rings is 1. The molecule has 80 valence electrons. The third-order valence-electron chi connectivity index (χ3n) is 2.26. The molecule has 2 aromatic heterocycles. The molecule has 0 amide bonds. The van der Waals surface area contributed by atoms with Crippen molar-refractivity contribution in [1.82, 2.24) is 10.3 Å². The van der Waals surface area contributed by atoms with Crippen molar-refractivity contribution in [3.8, 4) is 0 Å². The van der Waals surface area contributed by atoms with Crippen LogP contribution in [0.5, 0.6) is 0 Å². The number of nitrogens with zero attached hydrogens (tertiary/aromatic N) is 1. The van der Waals surface area contributed by atoms with Gasteiger partial charge in [0.1, 0.15) is 5.76 Å². The molecule has 0 atom stereocenters. The second kappa shape index (κ2) is 4.31. The Bertz CT molecular complexity index is 398. The predicted octanol–water partition coefficient (Wildman–Crippen LogP) is 2.17. The van der Waals surface area contributed by atoms with E-state index in [1.165, 1.54) is 0 Å². The highest BCUT2D eigenvalue weighted by molar-refractivity contribution is 5.06. The summed E-state index contributed by atoms with van der Waals surface area (Å²) in [6, 6.07) is 1.93. The summed E-state index contributed by atoms with van der Waals surface area (Å²) < 4.78 is 10.4. The van der Waals surface area contributed by atoms with Crippen molar-refractivity contribution in [3.63, 3.8) is 0 Å². The molecular formula is C11H14N2O2. The Kier molecular flexibility index (Phi) is 2.87. The number of aryl methyl sites for hydroxylation is 2. The third kappa shape index (κ3) is 2.47. The first kappa shape index (κ1) is 9.98. The molecule has 2 rings (SSSR count).